The number of rotatable bonds is 1. The first-order valence-corrected chi connectivity index (χ1v) is 6.54. The molecule has 1 fully saturated rings. The van der Waals surface area contributed by atoms with Crippen LogP contribution in [0.3, 0.4) is 0 Å². The minimum atomic E-state index is 0.307. The molecule has 0 amide bonds. The number of halogens is 1. The Kier molecular flexibility index (Phi) is 3.06. The zero-order chi connectivity index (χ0) is 12.5. The van der Waals surface area contributed by atoms with Crippen LogP contribution in [0.15, 0.2) is 18.3 Å². The first-order chi connectivity index (χ1) is 8.74. The van der Waals surface area contributed by atoms with E-state index in [1.165, 1.54) is 5.56 Å². The molecule has 18 heavy (non-hydrogen) atoms. The molecule has 0 spiro atoms. The van der Waals surface area contributed by atoms with Crippen LogP contribution in [0.25, 0.3) is 10.9 Å². The smallest absolute Gasteiger partial charge is 0.220 e. The largest absolute Gasteiger partial charge is 0.368 e. The van der Waals surface area contributed by atoms with Crippen LogP contribution in [0.5, 0.6) is 0 Å². The maximum absolute atomic E-state index is 6.37. The Balaban J connectivity index is 2.07. The molecule has 1 aliphatic heterocycles. The molecular weight excluding hydrogens is 248 g/mol. The number of anilines is 1. The molecule has 0 unspecified atom stereocenters. The molecule has 0 radical (unpaired) electrons. The predicted molar refractivity (Wildman–Crippen MR) is 73.8 cm³/mol. The van der Waals surface area contributed by atoms with Gasteiger partial charge in [-0.3, -0.25) is 0 Å². The number of aromatic nitrogens is 2. The fourth-order valence-electron chi connectivity index (χ4n) is 2.53. The second kappa shape index (κ2) is 4.71. The van der Waals surface area contributed by atoms with E-state index in [1.807, 2.05) is 6.07 Å². The molecule has 1 saturated heterocycles. The van der Waals surface area contributed by atoms with Crippen LogP contribution in [-0.4, -0.2) is 23.1 Å². The molecule has 0 saturated carbocycles. The molecule has 1 aliphatic rings. The molecule has 0 bridgehead atoms. The molecule has 2 heterocycles. The standard InChI is InChI=1S/C13H15ClN4/c14-11-5-9-7-17-13(15)18-12(9)6-10(11)8-1-3-16-4-2-8/h5-8,16H,1-4H2,(H2,15,17,18). The number of nitrogens with one attached hydrogen (secondary N) is 1. The molecular formula is C13H15ClN4. The van der Waals surface area contributed by atoms with Crippen LogP contribution in [0, 0.1) is 0 Å². The van der Waals surface area contributed by atoms with E-state index in [-0.39, 0.29) is 0 Å². The summed E-state index contributed by atoms with van der Waals surface area (Å²) in [4.78, 5) is 8.25. The third-order valence-corrected chi connectivity index (χ3v) is 3.82. The van der Waals surface area contributed by atoms with E-state index in [0.717, 1.165) is 41.9 Å². The van der Waals surface area contributed by atoms with Gasteiger partial charge in [-0.2, -0.15) is 0 Å². The molecule has 0 atom stereocenters. The van der Waals surface area contributed by atoms with Crippen molar-refractivity contribution < 1.29 is 0 Å². The van der Waals surface area contributed by atoms with E-state index in [0.29, 0.717) is 11.9 Å². The number of nitrogens with two attached hydrogens (primary N) is 1. The normalized spacial score (nSPS) is 17.2. The van der Waals surface area contributed by atoms with Crippen LogP contribution >= 0.6 is 11.6 Å². The van der Waals surface area contributed by atoms with E-state index in [1.54, 1.807) is 6.20 Å². The molecule has 0 aliphatic carbocycles. The summed E-state index contributed by atoms with van der Waals surface area (Å²) in [5, 5.41) is 5.11. The number of hydrogen-bond donors (Lipinski definition) is 2. The van der Waals surface area contributed by atoms with Gasteiger partial charge in [0, 0.05) is 16.6 Å². The Bertz CT molecular complexity index is 578. The van der Waals surface area contributed by atoms with Gasteiger partial charge in [0.2, 0.25) is 5.95 Å². The van der Waals surface area contributed by atoms with E-state index < -0.39 is 0 Å². The van der Waals surface area contributed by atoms with Gasteiger partial charge in [0.1, 0.15) is 0 Å². The molecule has 2 aromatic rings. The number of nitrogen functional groups attached to an aromatic ring is 1. The summed E-state index contributed by atoms with van der Waals surface area (Å²) in [6, 6.07) is 4.00. The summed E-state index contributed by atoms with van der Waals surface area (Å²) >= 11 is 6.37. The molecule has 1 aromatic carbocycles. The molecule has 3 N–H and O–H groups in total. The monoisotopic (exact) mass is 262 g/mol. The summed E-state index contributed by atoms with van der Waals surface area (Å²) in [6.07, 6.45) is 3.95. The van der Waals surface area contributed by atoms with Gasteiger partial charge in [-0.05, 0) is 49.5 Å². The van der Waals surface area contributed by atoms with E-state index in [2.05, 4.69) is 21.4 Å². The van der Waals surface area contributed by atoms with Crippen LogP contribution in [0.1, 0.15) is 24.3 Å². The number of nitrogens with zero attached hydrogens (tertiary/aromatic N) is 2. The molecule has 5 heteroatoms. The highest BCUT2D eigenvalue weighted by molar-refractivity contribution is 6.32. The van der Waals surface area contributed by atoms with Gasteiger partial charge in [-0.15, -0.1) is 0 Å². The van der Waals surface area contributed by atoms with Gasteiger partial charge in [-0.1, -0.05) is 11.6 Å². The lowest BCUT2D eigenvalue weighted by Gasteiger charge is -2.24. The van der Waals surface area contributed by atoms with Gasteiger partial charge in [0.25, 0.3) is 0 Å². The predicted octanol–water partition coefficient (Wildman–Crippen LogP) is 2.33. The van der Waals surface area contributed by atoms with Crippen molar-refractivity contribution in [3.05, 3.63) is 28.9 Å². The minimum Gasteiger partial charge on any atom is -0.368 e. The highest BCUT2D eigenvalue weighted by Gasteiger charge is 2.18. The van der Waals surface area contributed by atoms with Crippen molar-refractivity contribution in [1.82, 2.24) is 15.3 Å². The fourth-order valence-corrected chi connectivity index (χ4v) is 2.85. The van der Waals surface area contributed by atoms with Crippen LogP contribution in [0.2, 0.25) is 5.02 Å². The summed E-state index contributed by atoms with van der Waals surface area (Å²) in [6.45, 7) is 2.09. The summed E-state index contributed by atoms with van der Waals surface area (Å²) in [5.74, 6) is 0.820. The SMILES string of the molecule is Nc1ncc2cc(Cl)c(C3CCNCC3)cc2n1. The van der Waals surface area contributed by atoms with Gasteiger partial charge in [0.05, 0.1) is 5.52 Å². The summed E-state index contributed by atoms with van der Waals surface area (Å²) in [5.41, 5.74) is 7.68. The van der Waals surface area contributed by atoms with Crippen molar-refractivity contribution >= 4 is 28.5 Å². The summed E-state index contributed by atoms with van der Waals surface area (Å²) in [7, 11) is 0. The van der Waals surface area contributed by atoms with Crippen molar-refractivity contribution in [3.63, 3.8) is 0 Å². The fraction of sp³-hybridized carbons (Fsp3) is 0.385. The quantitative estimate of drug-likeness (QED) is 0.828. The Morgan fingerprint density at radius 1 is 1.28 bits per heavy atom. The molecule has 94 valence electrons. The van der Waals surface area contributed by atoms with Gasteiger partial charge in [0.15, 0.2) is 0 Å². The van der Waals surface area contributed by atoms with Crippen LogP contribution in [0.4, 0.5) is 5.95 Å². The topological polar surface area (TPSA) is 63.8 Å². The minimum absolute atomic E-state index is 0.307. The third kappa shape index (κ3) is 2.13. The third-order valence-electron chi connectivity index (χ3n) is 3.50. The Hall–Kier alpha value is -1.39. The zero-order valence-corrected chi connectivity index (χ0v) is 10.7. The number of piperidine rings is 1. The van der Waals surface area contributed by atoms with Crippen LogP contribution in [-0.2, 0) is 0 Å². The van der Waals surface area contributed by atoms with Crippen molar-refractivity contribution in [1.29, 1.82) is 0 Å². The van der Waals surface area contributed by atoms with Crippen molar-refractivity contribution in [3.8, 4) is 0 Å². The Morgan fingerprint density at radius 2 is 2.06 bits per heavy atom. The molecule has 4 nitrogen and oxygen atoms in total. The second-order valence-corrected chi connectivity index (χ2v) is 5.09. The lowest BCUT2D eigenvalue weighted by Crippen LogP contribution is -2.26. The Morgan fingerprint density at radius 3 is 2.83 bits per heavy atom. The second-order valence-electron chi connectivity index (χ2n) is 4.69. The van der Waals surface area contributed by atoms with E-state index in [4.69, 9.17) is 17.3 Å². The summed E-state index contributed by atoms with van der Waals surface area (Å²) < 4.78 is 0. The highest BCUT2D eigenvalue weighted by atomic mass is 35.5. The lowest BCUT2D eigenvalue weighted by molar-refractivity contribution is 0.461. The zero-order valence-electron chi connectivity index (χ0n) is 9.99. The first kappa shape index (κ1) is 11.7. The van der Waals surface area contributed by atoms with Crippen LogP contribution < -0.4 is 11.1 Å². The number of benzene rings is 1. The molecule has 3 rings (SSSR count). The maximum Gasteiger partial charge on any atom is 0.220 e. The maximum atomic E-state index is 6.37. The van der Waals surface area contributed by atoms with Crippen molar-refractivity contribution in [2.45, 2.75) is 18.8 Å². The first-order valence-electron chi connectivity index (χ1n) is 6.16. The number of hydrogen-bond acceptors (Lipinski definition) is 4. The van der Waals surface area contributed by atoms with Crippen molar-refractivity contribution in [2.24, 2.45) is 0 Å². The average Bonchev–Trinajstić information content (AvgIpc) is 2.39. The van der Waals surface area contributed by atoms with Crippen molar-refractivity contribution in [2.75, 3.05) is 18.8 Å². The lowest BCUT2D eigenvalue weighted by atomic mass is 9.89. The highest BCUT2D eigenvalue weighted by Crippen LogP contribution is 2.33. The van der Waals surface area contributed by atoms with Gasteiger partial charge < -0.3 is 11.1 Å². The van der Waals surface area contributed by atoms with Gasteiger partial charge in [-0.25, -0.2) is 9.97 Å². The Labute approximate surface area is 111 Å². The number of fused-ring (bicyclic) bond motifs is 1. The average molecular weight is 263 g/mol. The van der Waals surface area contributed by atoms with E-state index >= 15 is 0 Å². The van der Waals surface area contributed by atoms with E-state index in [9.17, 15) is 0 Å². The van der Waals surface area contributed by atoms with Gasteiger partial charge >= 0.3 is 0 Å². The molecule has 1 aromatic heterocycles.